The summed E-state index contributed by atoms with van der Waals surface area (Å²) >= 11 is 0. The van der Waals surface area contributed by atoms with E-state index in [1.165, 1.54) is 31.6 Å². The number of carbonyl (C=O) groups is 3. The molecule has 3 rings (SSSR count). The molecule has 28 heavy (non-hydrogen) atoms. The summed E-state index contributed by atoms with van der Waals surface area (Å²) in [6, 6.07) is 11.7. The van der Waals surface area contributed by atoms with E-state index >= 15 is 0 Å². The molecule has 3 amide bonds. The van der Waals surface area contributed by atoms with Crippen molar-refractivity contribution in [1.29, 1.82) is 0 Å². The van der Waals surface area contributed by atoms with Crippen LogP contribution in [0.3, 0.4) is 0 Å². The zero-order chi connectivity index (χ0) is 19.9. The molecule has 0 radical (unpaired) electrons. The van der Waals surface area contributed by atoms with Gasteiger partial charge in [0, 0.05) is 30.7 Å². The average molecular weight is 378 g/mol. The number of hydrogen-bond donors (Lipinski definition) is 3. The second-order valence-corrected chi connectivity index (χ2v) is 5.94. The molecule has 2 heterocycles. The molecule has 0 saturated carbocycles. The minimum Gasteiger partial charge on any atom is -0.467 e. The van der Waals surface area contributed by atoms with E-state index in [-0.39, 0.29) is 29.5 Å². The van der Waals surface area contributed by atoms with E-state index in [2.05, 4.69) is 20.9 Å². The molecule has 2 aromatic heterocycles. The van der Waals surface area contributed by atoms with Crippen molar-refractivity contribution in [1.82, 2.24) is 10.3 Å². The summed E-state index contributed by atoms with van der Waals surface area (Å²) in [4.78, 5) is 39.9. The zero-order valence-electron chi connectivity index (χ0n) is 15.1. The van der Waals surface area contributed by atoms with Crippen molar-refractivity contribution in [3.05, 3.63) is 78.0 Å². The van der Waals surface area contributed by atoms with Crippen LogP contribution in [-0.4, -0.2) is 22.7 Å². The number of nitrogens with one attached hydrogen (secondary N) is 3. The van der Waals surface area contributed by atoms with Crippen molar-refractivity contribution in [2.75, 3.05) is 10.6 Å². The fourth-order valence-corrected chi connectivity index (χ4v) is 2.45. The van der Waals surface area contributed by atoms with Crippen LogP contribution in [0.25, 0.3) is 0 Å². The van der Waals surface area contributed by atoms with E-state index in [4.69, 9.17) is 4.42 Å². The Balaban J connectivity index is 1.66. The fraction of sp³-hybridized carbons (Fsp3) is 0.100. The van der Waals surface area contributed by atoms with Crippen LogP contribution in [0.15, 0.2) is 65.5 Å². The van der Waals surface area contributed by atoms with Gasteiger partial charge in [-0.05, 0) is 36.4 Å². The first kappa shape index (κ1) is 18.8. The molecule has 8 heteroatoms. The number of carbonyl (C=O) groups excluding carboxylic acids is 3. The second-order valence-electron chi connectivity index (χ2n) is 5.94. The molecule has 0 bridgehead atoms. The minimum absolute atomic E-state index is 0.207. The third-order valence-electron chi connectivity index (χ3n) is 3.71. The minimum atomic E-state index is -0.423. The fourth-order valence-electron chi connectivity index (χ4n) is 2.45. The molecule has 142 valence electrons. The van der Waals surface area contributed by atoms with Gasteiger partial charge < -0.3 is 20.4 Å². The standard InChI is InChI=1S/C20H18N4O4/c1-13(25)23-16-4-2-5-17(9-16)24-20(27)15-8-14(10-21-11-15)19(26)22-12-18-6-3-7-28-18/h2-11H,12H2,1H3,(H,22,26)(H,23,25)(H,24,27). The Kier molecular flexibility index (Phi) is 5.81. The van der Waals surface area contributed by atoms with Crippen LogP contribution in [0.4, 0.5) is 11.4 Å². The van der Waals surface area contributed by atoms with Crippen molar-refractivity contribution >= 4 is 29.1 Å². The number of amides is 3. The van der Waals surface area contributed by atoms with Gasteiger partial charge in [0.15, 0.2) is 0 Å². The van der Waals surface area contributed by atoms with Crippen LogP contribution in [0.2, 0.25) is 0 Å². The van der Waals surface area contributed by atoms with Gasteiger partial charge in [-0.25, -0.2) is 0 Å². The summed E-state index contributed by atoms with van der Waals surface area (Å²) in [5.74, 6) is -0.380. The van der Waals surface area contributed by atoms with Gasteiger partial charge in [-0.1, -0.05) is 6.07 Å². The molecular weight excluding hydrogens is 360 g/mol. The number of pyridine rings is 1. The number of hydrogen-bond acceptors (Lipinski definition) is 5. The van der Waals surface area contributed by atoms with E-state index in [1.807, 2.05) is 0 Å². The van der Waals surface area contributed by atoms with E-state index in [9.17, 15) is 14.4 Å². The average Bonchev–Trinajstić information content (AvgIpc) is 3.19. The van der Waals surface area contributed by atoms with Gasteiger partial charge in [-0.2, -0.15) is 0 Å². The lowest BCUT2D eigenvalue weighted by Crippen LogP contribution is -2.23. The first-order valence-electron chi connectivity index (χ1n) is 8.46. The summed E-state index contributed by atoms with van der Waals surface area (Å²) in [6.45, 7) is 1.64. The van der Waals surface area contributed by atoms with Gasteiger partial charge in [-0.15, -0.1) is 0 Å². The van der Waals surface area contributed by atoms with E-state index < -0.39 is 5.91 Å². The smallest absolute Gasteiger partial charge is 0.257 e. The van der Waals surface area contributed by atoms with Gasteiger partial charge in [0.05, 0.1) is 23.9 Å². The summed E-state index contributed by atoms with van der Waals surface area (Å²) in [5.41, 5.74) is 1.56. The normalized spacial score (nSPS) is 10.2. The van der Waals surface area contributed by atoms with E-state index in [1.54, 1.807) is 36.4 Å². The highest BCUT2D eigenvalue weighted by molar-refractivity contribution is 6.06. The molecule has 1 aromatic carbocycles. The molecule has 3 aromatic rings. The van der Waals surface area contributed by atoms with Gasteiger partial charge in [0.1, 0.15) is 5.76 Å². The maximum Gasteiger partial charge on any atom is 0.257 e. The molecule has 0 unspecified atom stereocenters. The van der Waals surface area contributed by atoms with Crippen LogP contribution in [0.5, 0.6) is 0 Å². The van der Waals surface area contributed by atoms with Crippen LogP contribution in [0, 0.1) is 0 Å². The quantitative estimate of drug-likeness (QED) is 0.610. The number of aromatic nitrogens is 1. The van der Waals surface area contributed by atoms with Crippen molar-refractivity contribution in [2.24, 2.45) is 0 Å². The summed E-state index contributed by atoms with van der Waals surface area (Å²) in [5, 5.41) is 8.06. The van der Waals surface area contributed by atoms with Crippen molar-refractivity contribution in [3.8, 4) is 0 Å². The highest BCUT2D eigenvalue weighted by Gasteiger charge is 2.12. The molecule has 0 aliphatic heterocycles. The molecule has 0 aliphatic carbocycles. The number of benzene rings is 1. The van der Waals surface area contributed by atoms with Crippen molar-refractivity contribution < 1.29 is 18.8 Å². The largest absolute Gasteiger partial charge is 0.467 e. The first-order chi connectivity index (χ1) is 13.5. The van der Waals surface area contributed by atoms with Crippen LogP contribution in [-0.2, 0) is 11.3 Å². The van der Waals surface area contributed by atoms with Gasteiger partial charge in [-0.3, -0.25) is 19.4 Å². The van der Waals surface area contributed by atoms with Gasteiger partial charge in [0.25, 0.3) is 11.8 Å². The zero-order valence-corrected chi connectivity index (χ0v) is 15.1. The Morgan fingerprint density at radius 2 is 1.64 bits per heavy atom. The molecule has 0 aliphatic rings. The van der Waals surface area contributed by atoms with Crippen LogP contribution < -0.4 is 16.0 Å². The third kappa shape index (κ3) is 5.04. The topological polar surface area (TPSA) is 113 Å². The summed E-state index contributed by atoms with van der Waals surface area (Å²) < 4.78 is 5.16. The van der Waals surface area contributed by atoms with Gasteiger partial charge >= 0.3 is 0 Å². The number of anilines is 2. The lowest BCUT2D eigenvalue weighted by atomic mass is 10.1. The molecule has 3 N–H and O–H groups in total. The molecule has 0 fully saturated rings. The molecule has 0 spiro atoms. The highest BCUT2D eigenvalue weighted by Crippen LogP contribution is 2.16. The molecule has 0 saturated heterocycles. The lowest BCUT2D eigenvalue weighted by Gasteiger charge is -2.09. The molecular formula is C20H18N4O4. The summed E-state index contributed by atoms with van der Waals surface area (Å²) in [6.07, 6.45) is 4.27. The Bertz CT molecular complexity index is 999. The third-order valence-corrected chi connectivity index (χ3v) is 3.71. The Labute approximate surface area is 161 Å². The molecule has 0 atom stereocenters. The van der Waals surface area contributed by atoms with E-state index in [0.717, 1.165) is 0 Å². The predicted molar refractivity (Wildman–Crippen MR) is 103 cm³/mol. The van der Waals surface area contributed by atoms with Crippen LogP contribution in [0.1, 0.15) is 33.4 Å². The van der Waals surface area contributed by atoms with Gasteiger partial charge in [0.2, 0.25) is 5.91 Å². The number of furan rings is 1. The molecule has 8 nitrogen and oxygen atoms in total. The number of nitrogens with zero attached hydrogens (tertiary/aromatic N) is 1. The Morgan fingerprint density at radius 1 is 0.929 bits per heavy atom. The maximum absolute atomic E-state index is 12.5. The van der Waals surface area contributed by atoms with Crippen molar-refractivity contribution in [2.45, 2.75) is 13.5 Å². The Morgan fingerprint density at radius 3 is 2.32 bits per heavy atom. The highest BCUT2D eigenvalue weighted by atomic mass is 16.3. The predicted octanol–water partition coefficient (Wildman–Crippen LogP) is 2.82. The monoisotopic (exact) mass is 378 g/mol. The SMILES string of the molecule is CC(=O)Nc1cccc(NC(=O)c2cncc(C(=O)NCc3ccco3)c2)c1. The van der Waals surface area contributed by atoms with E-state index in [0.29, 0.717) is 17.1 Å². The second kappa shape index (κ2) is 8.63. The van der Waals surface area contributed by atoms with Crippen LogP contribution >= 0.6 is 0 Å². The first-order valence-corrected chi connectivity index (χ1v) is 8.46. The Hall–Kier alpha value is -3.94. The lowest BCUT2D eigenvalue weighted by molar-refractivity contribution is -0.114. The van der Waals surface area contributed by atoms with Crippen molar-refractivity contribution in [3.63, 3.8) is 0 Å². The maximum atomic E-state index is 12.5. The summed E-state index contributed by atoms with van der Waals surface area (Å²) in [7, 11) is 0. The number of rotatable bonds is 6.